The Morgan fingerprint density at radius 1 is 0.946 bits per heavy atom. The van der Waals surface area contributed by atoms with Gasteiger partial charge in [0.15, 0.2) is 0 Å². The van der Waals surface area contributed by atoms with E-state index in [1.54, 1.807) is 18.6 Å². The number of nitrogens with zero attached hydrogens (tertiary/aromatic N) is 4. The first-order valence-corrected chi connectivity index (χ1v) is 12.0. The summed E-state index contributed by atoms with van der Waals surface area (Å²) in [6.07, 6.45) is 5.32. The number of hydrogen-bond donors (Lipinski definition) is 3. The van der Waals surface area contributed by atoms with Crippen molar-refractivity contribution in [3.63, 3.8) is 0 Å². The number of hydrogen-bond acceptors (Lipinski definition) is 5. The molecule has 0 spiro atoms. The van der Waals surface area contributed by atoms with Gasteiger partial charge >= 0.3 is 0 Å². The second kappa shape index (κ2) is 9.24. The largest absolute Gasteiger partial charge is 0.352 e. The summed E-state index contributed by atoms with van der Waals surface area (Å²) in [7, 11) is 3.90. The number of aromatic nitrogens is 5. The van der Waals surface area contributed by atoms with Crippen LogP contribution in [0.2, 0.25) is 0 Å². The minimum Gasteiger partial charge on any atom is -0.352 e. The highest BCUT2D eigenvalue weighted by atomic mass is 19.1. The minimum absolute atomic E-state index is 0.304. The number of likely N-dealkylation sites (N-methyl/N-ethyl adjacent to an activating group) is 1. The minimum atomic E-state index is -0.324. The summed E-state index contributed by atoms with van der Waals surface area (Å²) in [5.74, 6) is -0.324. The maximum atomic E-state index is 14.7. The van der Waals surface area contributed by atoms with Crippen LogP contribution in [0, 0.1) is 5.82 Å². The van der Waals surface area contributed by atoms with E-state index in [0.29, 0.717) is 6.54 Å². The van der Waals surface area contributed by atoms with Gasteiger partial charge in [0.1, 0.15) is 11.5 Å². The van der Waals surface area contributed by atoms with Gasteiger partial charge in [0.25, 0.3) is 0 Å². The molecule has 0 amide bonds. The van der Waals surface area contributed by atoms with Gasteiger partial charge in [-0.3, -0.25) is 15.1 Å². The van der Waals surface area contributed by atoms with Crippen LogP contribution >= 0.6 is 0 Å². The molecule has 0 bridgehead atoms. The molecule has 2 aromatic carbocycles. The van der Waals surface area contributed by atoms with E-state index < -0.39 is 0 Å². The van der Waals surface area contributed by atoms with Crippen molar-refractivity contribution < 1.29 is 4.39 Å². The molecule has 184 valence electrons. The fourth-order valence-corrected chi connectivity index (χ4v) is 4.80. The van der Waals surface area contributed by atoms with Crippen molar-refractivity contribution >= 4 is 21.8 Å². The third-order valence-electron chi connectivity index (χ3n) is 6.55. The van der Waals surface area contributed by atoms with Crippen molar-refractivity contribution in [3.05, 3.63) is 90.6 Å². The predicted molar refractivity (Wildman–Crippen MR) is 145 cm³/mol. The summed E-state index contributed by atoms with van der Waals surface area (Å²) < 4.78 is 14.7. The van der Waals surface area contributed by atoms with Gasteiger partial charge in [-0.1, -0.05) is 12.1 Å². The molecule has 6 aromatic rings. The third kappa shape index (κ3) is 4.37. The van der Waals surface area contributed by atoms with Gasteiger partial charge in [0, 0.05) is 46.9 Å². The van der Waals surface area contributed by atoms with Crippen molar-refractivity contribution in [1.29, 1.82) is 0 Å². The Kier molecular flexibility index (Phi) is 5.75. The summed E-state index contributed by atoms with van der Waals surface area (Å²) in [6, 6.07) is 18.7. The van der Waals surface area contributed by atoms with Crippen molar-refractivity contribution in [2.45, 2.75) is 6.04 Å². The highest BCUT2D eigenvalue weighted by Gasteiger charge is 2.17. The number of fused-ring (bicyclic) bond motifs is 2. The van der Waals surface area contributed by atoms with E-state index in [0.717, 1.165) is 61.1 Å². The fourth-order valence-electron chi connectivity index (χ4n) is 4.80. The molecule has 0 saturated carbocycles. The predicted octanol–water partition coefficient (Wildman–Crippen LogP) is 5.54. The lowest BCUT2D eigenvalue weighted by Crippen LogP contribution is -2.26. The molecular formula is C29H26FN7. The maximum absolute atomic E-state index is 14.7. The topological polar surface area (TPSA) is 99.5 Å². The second-order valence-electron chi connectivity index (χ2n) is 9.52. The molecule has 6 rings (SSSR count). The standard InChI is InChI=1S/C29H26FN7/c1-37(2)16-24(31)19-9-18(10-20(30)11-19)23-14-32-15-28-21(23)13-27(34-28)29-22-12-17(6-7-26(22)35-36-29)25-5-3-4-8-33-25/h3-15,24,34H,16,31H2,1-2H3,(H,35,36). The molecule has 4 aromatic heterocycles. The van der Waals surface area contributed by atoms with Crippen LogP contribution < -0.4 is 5.73 Å². The average Bonchev–Trinajstić information content (AvgIpc) is 3.52. The fraction of sp³-hybridized carbons (Fsp3) is 0.138. The smallest absolute Gasteiger partial charge is 0.124 e. The SMILES string of the molecule is CN(C)CC(N)c1cc(F)cc(-c2cncc3[nH]c(-c4n[nH]c5ccc(-c6ccccn6)cc45)cc23)c1. The van der Waals surface area contributed by atoms with E-state index in [1.807, 2.05) is 61.5 Å². The molecule has 0 aliphatic heterocycles. The zero-order valence-corrected chi connectivity index (χ0v) is 20.5. The third-order valence-corrected chi connectivity index (χ3v) is 6.55. The van der Waals surface area contributed by atoms with Gasteiger partial charge in [-0.15, -0.1) is 0 Å². The van der Waals surface area contributed by atoms with Crippen molar-refractivity contribution in [2.75, 3.05) is 20.6 Å². The lowest BCUT2D eigenvalue weighted by atomic mass is 9.98. The molecular weight excluding hydrogens is 465 g/mol. The Hall–Kier alpha value is -4.40. The second-order valence-corrected chi connectivity index (χ2v) is 9.52. The summed E-state index contributed by atoms with van der Waals surface area (Å²) in [5, 5.41) is 9.63. The average molecular weight is 492 g/mol. The Morgan fingerprint density at radius 3 is 2.65 bits per heavy atom. The van der Waals surface area contributed by atoms with Crippen LogP contribution in [-0.2, 0) is 0 Å². The highest BCUT2D eigenvalue weighted by Crippen LogP contribution is 2.35. The molecule has 4 heterocycles. The van der Waals surface area contributed by atoms with Gasteiger partial charge in [-0.2, -0.15) is 5.10 Å². The molecule has 0 aliphatic rings. The van der Waals surface area contributed by atoms with E-state index in [9.17, 15) is 4.39 Å². The molecule has 8 heteroatoms. The Balaban J connectivity index is 1.45. The Morgan fingerprint density at radius 2 is 1.84 bits per heavy atom. The van der Waals surface area contributed by atoms with Crippen LogP contribution in [0.1, 0.15) is 11.6 Å². The monoisotopic (exact) mass is 491 g/mol. The summed E-state index contributed by atoms with van der Waals surface area (Å²) in [6.45, 7) is 0.617. The van der Waals surface area contributed by atoms with E-state index in [2.05, 4.69) is 31.2 Å². The van der Waals surface area contributed by atoms with Crippen molar-refractivity contribution in [2.24, 2.45) is 5.73 Å². The lowest BCUT2D eigenvalue weighted by molar-refractivity contribution is 0.376. The number of rotatable bonds is 6. The van der Waals surface area contributed by atoms with E-state index >= 15 is 0 Å². The van der Waals surface area contributed by atoms with Crippen molar-refractivity contribution in [3.8, 4) is 33.8 Å². The summed E-state index contributed by atoms with van der Waals surface area (Å²) >= 11 is 0. The molecule has 0 aliphatic carbocycles. The molecule has 37 heavy (non-hydrogen) atoms. The molecule has 0 radical (unpaired) electrons. The van der Waals surface area contributed by atoms with Crippen LogP contribution in [0.15, 0.2) is 79.3 Å². The van der Waals surface area contributed by atoms with Crippen LogP contribution in [0.5, 0.6) is 0 Å². The van der Waals surface area contributed by atoms with Gasteiger partial charge in [-0.25, -0.2) is 4.39 Å². The first kappa shape index (κ1) is 23.0. The van der Waals surface area contributed by atoms with E-state index in [4.69, 9.17) is 5.73 Å². The van der Waals surface area contributed by atoms with Crippen molar-refractivity contribution in [1.82, 2.24) is 30.0 Å². The molecule has 7 nitrogen and oxygen atoms in total. The van der Waals surface area contributed by atoms with Crippen LogP contribution in [0.3, 0.4) is 0 Å². The first-order valence-electron chi connectivity index (χ1n) is 12.0. The Labute approximate surface area is 213 Å². The first-order chi connectivity index (χ1) is 18.0. The van der Waals surface area contributed by atoms with E-state index in [1.165, 1.54) is 12.1 Å². The summed E-state index contributed by atoms with van der Waals surface area (Å²) in [5.41, 5.74) is 14.0. The number of H-pyrrole nitrogens is 2. The lowest BCUT2D eigenvalue weighted by Gasteiger charge is -2.18. The molecule has 1 atom stereocenters. The number of benzene rings is 2. The van der Waals surface area contributed by atoms with Gasteiger partial charge in [0.2, 0.25) is 0 Å². The number of pyridine rings is 2. The number of nitrogens with one attached hydrogen (secondary N) is 2. The van der Waals surface area contributed by atoms with Crippen LogP contribution in [0.25, 0.3) is 55.6 Å². The highest BCUT2D eigenvalue weighted by molar-refractivity contribution is 6.01. The number of nitrogens with two attached hydrogens (primary N) is 1. The van der Waals surface area contributed by atoms with Gasteiger partial charge in [0.05, 0.1) is 28.6 Å². The normalized spacial score (nSPS) is 12.6. The van der Waals surface area contributed by atoms with Gasteiger partial charge in [-0.05, 0) is 73.8 Å². The van der Waals surface area contributed by atoms with E-state index in [-0.39, 0.29) is 11.9 Å². The van der Waals surface area contributed by atoms with Crippen LogP contribution in [0.4, 0.5) is 4.39 Å². The molecule has 0 saturated heterocycles. The molecule has 1 unspecified atom stereocenters. The maximum Gasteiger partial charge on any atom is 0.124 e. The molecule has 4 N–H and O–H groups in total. The Bertz CT molecular complexity index is 1720. The zero-order valence-electron chi connectivity index (χ0n) is 20.5. The molecule has 0 fully saturated rings. The van der Waals surface area contributed by atoms with Crippen LogP contribution in [-0.4, -0.2) is 50.7 Å². The quantitative estimate of drug-likeness (QED) is 0.284. The number of aromatic amines is 2. The number of halogens is 1. The zero-order chi connectivity index (χ0) is 25.5. The van der Waals surface area contributed by atoms with Gasteiger partial charge < -0.3 is 15.6 Å². The summed E-state index contributed by atoms with van der Waals surface area (Å²) in [4.78, 5) is 14.3.